The smallest absolute Gasteiger partial charge is 0.257 e. The molecule has 0 spiro atoms. The highest BCUT2D eigenvalue weighted by atomic mass is 19.1. The van der Waals surface area contributed by atoms with Crippen molar-refractivity contribution in [1.29, 1.82) is 0 Å². The van der Waals surface area contributed by atoms with Crippen LogP contribution in [0.2, 0.25) is 0 Å². The summed E-state index contributed by atoms with van der Waals surface area (Å²) in [6.07, 6.45) is 7.66. The van der Waals surface area contributed by atoms with E-state index < -0.39 is 5.41 Å². The topological polar surface area (TPSA) is 49.9 Å². The molecule has 1 saturated carbocycles. The number of hydrogen-bond acceptors (Lipinski definition) is 3. The molecule has 3 aromatic rings. The highest BCUT2D eigenvalue weighted by Gasteiger charge is 2.46. The normalized spacial score (nSPS) is 20.1. The van der Waals surface area contributed by atoms with Crippen molar-refractivity contribution in [1.82, 2.24) is 9.80 Å². The summed E-state index contributed by atoms with van der Waals surface area (Å²) in [5.41, 5.74) is 1.70. The van der Waals surface area contributed by atoms with E-state index in [1.807, 2.05) is 60.5 Å². The number of para-hydroxylation sites is 1. The van der Waals surface area contributed by atoms with Crippen LogP contribution in [0.15, 0.2) is 78.9 Å². The van der Waals surface area contributed by atoms with Gasteiger partial charge < -0.3 is 14.5 Å². The molecule has 216 valence electrons. The molecule has 1 fully saturated rings. The molecular weight excluding hydrogens is 515 g/mol. The molecule has 0 unspecified atom stereocenters. The SMILES string of the molecule is CN1CCCCCCN(C(=O)C2(c3cccc(F)c3)CCCC2)[C@H](Cc2ccccc2)COc2ccccc2C1=O. The predicted molar refractivity (Wildman–Crippen MR) is 160 cm³/mol. The van der Waals surface area contributed by atoms with E-state index in [4.69, 9.17) is 4.74 Å². The van der Waals surface area contributed by atoms with Crippen molar-refractivity contribution in [3.63, 3.8) is 0 Å². The molecule has 0 saturated heterocycles. The Hall–Kier alpha value is -3.67. The minimum absolute atomic E-state index is 0.0544. The van der Waals surface area contributed by atoms with Crippen molar-refractivity contribution >= 4 is 11.8 Å². The van der Waals surface area contributed by atoms with E-state index in [1.54, 1.807) is 17.0 Å². The summed E-state index contributed by atoms with van der Waals surface area (Å²) in [5, 5.41) is 0. The van der Waals surface area contributed by atoms with E-state index in [2.05, 4.69) is 12.1 Å². The Morgan fingerprint density at radius 1 is 0.878 bits per heavy atom. The maximum absolute atomic E-state index is 14.8. The molecule has 0 bridgehead atoms. The van der Waals surface area contributed by atoms with Gasteiger partial charge in [0.1, 0.15) is 18.2 Å². The zero-order valence-corrected chi connectivity index (χ0v) is 24.1. The van der Waals surface area contributed by atoms with Crippen LogP contribution in [-0.4, -0.2) is 54.4 Å². The van der Waals surface area contributed by atoms with Crippen LogP contribution in [0.4, 0.5) is 4.39 Å². The van der Waals surface area contributed by atoms with Crippen molar-refractivity contribution in [2.75, 3.05) is 26.7 Å². The Kier molecular flexibility index (Phi) is 9.38. The molecule has 5 rings (SSSR count). The number of hydrogen-bond donors (Lipinski definition) is 0. The van der Waals surface area contributed by atoms with E-state index in [9.17, 15) is 14.0 Å². The molecule has 1 aliphatic heterocycles. The Balaban J connectivity index is 1.53. The van der Waals surface area contributed by atoms with E-state index in [0.717, 1.165) is 49.7 Å². The first-order valence-corrected chi connectivity index (χ1v) is 15.1. The maximum atomic E-state index is 14.8. The predicted octanol–water partition coefficient (Wildman–Crippen LogP) is 6.80. The van der Waals surface area contributed by atoms with Crippen molar-refractivity contribution in [3.8, 4) is 5.75 Å². The van der Waals surface area contributed by atoms with Crippen LogP contribution in [0.1, 0.15) is 72.9 Å². The van der Waals surface area contributed by atoms with Crippen LogP contribution in [0.5, 0.6) is 5.75 Å². The number of carbonyl (C=O) groups is 2. The average molecular weight is 557 g/mol. The molecule has 0 N–H and O–H groups in total. The Bertz CT molecular complexity index is 1320. The number of ether oxygens (including phenoxy) is 1. The summed E-state index contributed by atoms with van der Waals surface area (Å²) < 4.78 is 20.9. The molecule has 2 aliphatic rings. The molecule has 2 amide bonds. The fourth-order valence-corrected chi connectivity index (χ4v) is 6.51. The van der Waals surface area contributed by atoms with Gasteiger partial charge in [-0.15, -0.1) is 0 Å². The third-order valence-electron chi connectivity index (χ3n) is 8.80. The van der Waals surface area contributed by atoms with Crippen LogP contribution in [-0.2, 0) is 16.6 Å². The Morgan fingerprint density at radius 3 is 2.34 bits per heavy atom. The highest BCUT2D eigenvalue weighted by Crippen LogP contribution is 2.43. The fraction of sp³-hybridized carbons (Fsp3) is 0.429. The van der Waals surface area contributed by atoms with Crippen LogP contribution in [0.3, 0.4) is 0 Å². The van der Waals surface area contributed by atoms with Crippen LogP contribution < -0.4 is 4.74 Å². The summed E-state index contributed by atoms with van der Waals surface area (Å²) in [6, 6.07) is 23.9. The molecule has 5 nitrogen and oxygen atoms in total. The van der Waals surface area contributed by atoms with Crippen molar-refractivity contribution < 1.29 is 18.7 Å². The Labute approximate surface area is 243 Å². The number of amides is 2. The first kappa shape index (κ1) is 28.8. The van der Waals surface area contributed by atoms with E-state index in [-0.39, 0.29) is 30.3 Å². The van der Waals surface area contributed by atoms with Gasteiger partial charge >= 0.3 is 0 Å². The quantitative estimate of drug-likeness (QED) is 0.355. The second kappa shape index (κ2) is 13.3. The van der Waals surface area contributed by atoms with Crippen LogP contribution in [0, 0.1) is 5.82 Å². The summed E-state index contributed by atoms with van der Waals surface area (Å²) in [7, 11) is 1.84. The van der Waals surface area contributed by atoms with Gasteiger partial charge in [0.25, 0.3) is 5.91 Å². The van der Waals surface area contributed by atoms with Gasteiger partial charge in [-0.1, -0.05) is 80.3 Å². The fourth-order valence-electron chi connectivity index (χ4n) is 6.51. The van der Waals surface area contributed by atoms with Gasteiger partial charge in [0.05, 0.1) is 17.0 Å². The van der Waals surface area contributed by atoms with Crippen molar-refractivity contribution in [3.05, 3.63) is 101 Å². The lowest BCUT2D eigenvalue weighted by Gasteiger charge is -2.40. The first-order valence-electron chi connectivity index (χ1n) is 15.1. The van der Waals surface area contributed by atoms with E-state index in [0.29, 0.717) is 43.7 Å². The van der Waals surface area contributed by atoms with Gasteiger partial charge in [-0.25, -0.2) is 4.39 Å². The minimum Gasteiger partial charge on any atom is -0.491 e. The lowest BCUT2D eigenvalue weighted by molar-refractivity contribution is -0.140. The number of halogens is 1. The zero-order chi connectivity index (χ0) is 28.7. The summed E-state index contributed by atoms with van der Waals surface area (Å²) in [4.78, 5) is 31.9. The lowest BCUT2D eigenvalue weighted by Crippen LogP contribution is -2.53. The van der Waals surface area contributed by atoms with Gasteiger partial charge in [0, 0.05) is 20.1 Å². The summed E-state index contributed by atoms with van der Waals surface area (Å²) in [5.74, 6) is 0.244. The summed E-state index contributed by atoms with van der Waals surface area (Å²) in [6.45, 7) is 1.55. The molecule has 1 atom stereocenters. The molecule has 3 aromatic carbocycles. The molecule has 1 aliphatic carbocycles. The highest BCUT2D eigenvalue weighted by molar-refractivity contribution is 5.96. The van der Waals surface area contributed by atoms with Crippen molar-refractivity contribution in [2.24, 2.45) is 0 Å². The van der Waals surface area contributed by atoms with Gasteiger partial charge in [0.2, 0.25) is 5.91 Å². The number of fused-ring (bicyclic) bond motifs is 1. The second-order valence-electron chi connectivity index (χ2n) is 11.6. The van der Waals surface area contributed by atoms with E-state index in [1.165, 1.54) is 6.07 Å². The third kappa shape index (κ3) is 6.64. The van der Waals surface area contributed by atoms with Crippen molar-refractivity contribution in [2.45, 2.75) is 69.2 Å². The van der Waals surface area contributed by atoms with Gasteiger partial charge in [-0.3, -0.25) is 9.59 Å². The third-order valence-corrected chi connectivity index (χ3v) is 8.80. The van der Waals surface area contributed by atoms with Gasteiger partial charge in [0.15, 0.2) is 0 Å². The van der Waals surface area contributed by atoms with Crippen LogP contribution in [0.25, 0.3) is 0 Å². The number of nitrogens with zero attached hydrogens (tertiary/aromatic N) is 2. The average Bonchev–Trinajstić information content (AvgIpc) is 3.50. The first-order chi connectivity index (χ1) is 20.0. The van der Waals surface area contributed by atoms with Gasteiger partial charge in [-0.2, -0.15) is 0 Å². The second-order valence-corrected chi connectivity index (χ2v) is 11.6. The molecule has 1 heterocycles. The maximum Gasteiger partial charge on any atom is 0.257 e. The summed E-state index contributed by atoms with van der Waals surface area (Å²) >= 11 is 0. The number of benzene rings is 3. The largest absolute Gasteiger partial charge is 0.491 e. The minimum atomic E-state index is -0.737. The molecule has 0 aromatic heterocycles. The Morgan fingerprint density at radius 2 is 1.59 bits per heavy atom. The molecule has 6 heteroatoms. The van der Waals surface area contributed by atoms with E-state index >= 15 is 0 Å². The molecular formula is C35H41FN2O3. The monoisotopic (exact) mass is 556 g/mol. The standard InChI is InChI=1S/C35H41FN2O3/c1-37-22-11-2-3-12-23-38(34(40)35(20-9-10-21-35)28-16-13-17-29(36)25-28)30(24-27-14-5-4-6-15-27)26-41-32-19-8-7-18-31(32)33(37)39/h4-8,13-19,25,30H,2-3,9-12,20-24,26H2,1H3/t30-/m1/s1. The number of carbonyl (C=O) groups excluding carboxylic acids is 2. The number of rotatable bonds is 4. The molecule has 41 heavy (non-hydrogen) atoms. The molecule has 0 radical (unpaired) electrons. The van der Waals surface area contributed by atoms with Gasteiger partial charge in [-0.05, 0) is 67.5 Å². The lowest BCUT2D eigenvalue weighted by atomic mass is 9.77. The van der Waals surface area contributed by atoms with Crippen LogP contribution >= 0.6 is 0 Å². The zero-order valence-electron chi connectivity index (χ0n) is 24.1.